The average Bonchev–Trinajstić information content (AvgIpc) is 2.70. The van der Waals surface area contributed by atoms with E-state index in [-0.39, 0.29) is 0 Å². The van der Waals surface area contributed by atoms with Gasteiger partial charge in [0, 0.05) is 23.0 Å². The van der Waals surface area contributed by atoms with E-state index in [1.165, 1.54) is 0 Å². The second-order valence-electron chi connectivity index (χ2n) is 6.77. The number of thiocarbonyl (C=S) groups is 1. The number of para-hydroxylation sites is 1. The molecule has 0 bridgehead atoms. The van der Waals surface area contributed by atoms with E-state index in [9.17, 15) is 0 Å². The van der Waals surface area contributed by atoms with Gasteiger partial charge in [0.25, 0.3) is 0 Å². The number of aryl methyl sites for hydroxylation is 2. The molecule has 0 saturated carbocycles. The molecule has 0 amide bonds. The predicted molar refractivity (Wildman–Crippen MR) is 133 cm³/mol. The number of hydrogen-bond donors (Lipinski definition) is 3. The molecule has 9 heteroatoms. The number of anilines is 2. The molecule has 0 atom stereocenters. The summed E-state index contributed by atoms with van der Waals surface area (Å²) in [5, 5.41) is 10.9. The standard InChI is InChI=1S/C22H22Cl2N6S/c1-14-13-15(2)27-21(26-14)29-20(25-12-11-16-7-9-17(23)10-8-16)30-22(31)28-19-6-4-3-5-18(19)24/h3-10,13H,11-12H2,1-2H3,(H3,25,26,27,28,29,30,31). The summed E-state index contributed by atoms with van der Waals surface area (Å²) < 4.78 is 0. The van der Waals surface area contributed by atoms with E-state index in [1.807, 2.05) is 62.4 Å². The summed E-state index contributed by atoms with van der Waals surface area (Å²) >= 11 is 17.6. The molecular formula is C22H22Cl2N6S. The van der Waals surface area contributed by atoms with E-state index in [4.69, 9.17) is 35.4 Å². The largest absolute Gasteiger partial charge is 0.331 e. The van der Waals surface area contributed by atoms with Crippen LogP contribution in [0.4, 0.5) is 11.6 Å². The molecule has 0 radical (unpaired) electrons. The zero-order chi connectivity index (χ0) is 22.2. The van der Waals surface area contributed by atoms with Crippen molar-refractivity contribution < 1.29 is 0 Å². The summed E-state index contributed by atoms with van der Waals surface area (Å²) in [7, 11) is 0. The lowest BCUT2D eigenvalue weighted by Crippen LogP contribution is -2.39. The molecule has 0 spiro atoms. The van der Waals surface area contributed by atoms with Gasteiger partial charge in [-0.3, -0.25) is 10.3 Å². The van der Waals surface area contributed by atoms with Crippen molar-refractivity contribution in [2.24, 2.45) is 4.99 Å². The van der Waals surface area contributed by atoms with Crippen LogP contribution in [0.5, 0.6) is 0 Å². The predicted octanol–water partition coefficient (Wildman–Crippen LogP) is 5.40. The maximum atomic E-state index is 6.21. The first-order valence-electron chi connectivity index (χ1n) is 9.60. The van der Waals surface area contributed by atoms with Crippen LogP contribution in [-0.2, 0) is 6.42 Å². The number of rotatable bonds is 5. The van der Waals surface area contributed by atoms with E-state index in [0.717, 1.165) is 23.4 Å². The third kappa shape index (κ3) is 7.47. The van der Waals surface area contributed by atoms with Crippen LogP contribution in [-0.4, -0.2) is 27.6 Å². The lowest BCUT2D eigenvalue weighted by atomic mass is 10.1. The molecular weight excluding hydrogens is 451 g/mol. The van der Waals surface area contributed by atoms with Gasteiger partial charge in [-0.05, 0) is 68.4 Å². The Morgan fingerprint density at radius 1 is 0.968 bits per heavy atom. The summed E-state index contributed by atoms with van der Waals surface area (Å²) in [6.07, 6.45) is 0.739. The number of hydrogen-bond acceptors (Lipinski definition) is 4. The van der Waals surface area contributed by atoms with Crippen molar-refractivity contribution in [1.29, 1.82) is 0 Å². The number of nitrogens with one attached hydrogen (secondary N) is 3. The van der Waals surface area contributed by atoms with Gasteiger partial charge in [-0.2, -0.15) is 0 Å². The van der Waals surface area contributed by atoms with E-state index >= 15 is 0 Å². The molecule has 0 unspecified atom stereocenters. The first-order valence-corrected chi connectivity index (χ1v) is 10.8. The fourth-order valence-electron chi connectivity index (χ4n) is 2.77. The fourth-order valence-corrected chi connectivity index (χ4v) is 3.29. The molecule has 160 valence electrons. The van der Waals surface area contributed by atoms with Crippen LogP contribution in [0.3, 0.4) is 0 Å². The van der Waals surface area contributed by atoms with Gasteiger partial charge in [0.15, 0.2) is 5.11 Å². The number of aliphatic imine (C=N–C) groups is 1. The van der Waals surface area contributed by atoms with Crippen molar-refractivity contribution in [2.75, 3.05) is 17.2 Å². The number of nitrogens with zero attached hydrogens (tertiary/aromatic N) is 3. The SMILES string of the molecule is Cc1cc(C)nc(NC(=NCCc2ccc(Cl)cc2)NC(=S)Nc2ccccc2Cl)n1. The zero-order valence-corrected chi connectivity index (χ0v) is 19.4. The van der Waals surface area contributed by atoms with Gasteiger partial charge >= 0.3 is 0 Å². The van der Waals surface area contributed by atoms with Crippen LogP contribution in [0.25, 0.3) is 0 Å². The van der Waals surface area contributed by atoms with Crippen molar-refractivity contribution in [1.82, 2.24) is 15.3 Å². The Hall–Kier alpha value is -2.74. The maximum Gasteiger partial charge on any atom is 0.229 e. The third-order valence-corrected chi connectivity index (χ3v) is 4.94. The first kappa shape index (κ1) is 22.9. The highest BCUT2D eigenvalue weighted by atomic mass is 35.5. The van der Waals surface area contributed by atoms with Crippen molar-refractivity contribution in [3.8, 4) is 0 Å². The van der Waals surface area contributed by atoms with Gasteiger partial charge in [-0.15, -0.1) is 0 Å². The highest BCUT2D eigenvalue weighted by Crippen LogP contribution is 2.20. The molecule has 0 saturated heterocycles. The van der Waals surface area contributed by atoms with Crippen molar-refractivity contribution in [3.05, 3.63) is 81.6 Å². The van der Waals surface area contributed by atoms with Crippen molar-refractivity contribution in [3.63, 3.8) is 0 Å². The Kier molecular flexibility index (Phi) is 8.17. The number of benzene rings is 2. The smallest absolute Gasteiger partial charge is 0.229 e. The molecule has 3 aromatic rings. The van der Waals surface area contributed by atoms with E-state index in [1.54, 1.807) is 6.07 Å². The van der Waals surface area contributed by atoms with Crippen LogP contribution in [0.15, 0.2) is 59.6 Å². The Bertz CT molecular complexity index is 1070. The summed E-state index contributed by atoms with van der Waals surface area (Å²) in [6, 6.07) is 17.0. The summed E-state index contributed by atoms with van der Waals surface area (Å²) in [5.74, 6) is 0.874. The molecule has 31 heavy (non-hydrogen) atoms. The minimum Gasteiger partial charge on any atom is -0.331 e. The molecule has 1 heterocycles. The Balaban J connectivity index is 1.73. The molecule has 2 aromatic carbocycles. The average molecular weight is 473 g/mol. The van der Waals surface area contributed by atoms with Crippen LogP contribution < -0.4 is 16.0 Å². The van der Waals surface area contributed by atoms with Crippen LogP contribution in [0, 0.1) is 13.8 Å². The van der Waals surface area contributed by atoms with Gasteiger partial charge in [0.1, 0.15) is 0 Å². The van der Waals surface area contributed by atoms with E-state index < -0.39 is 0 Å². The van der Waals surface area contributed by atoms with E-state index in [0.29, 0.717) is 39.3 Å². The highest BCUT2D eigenvalue weighted by molar-refractivity contribution is 7.80. The molecule has 0 fully saturated rings. The topological polar surface area (TPSA) is 74.2 Å². The summed E-state index contributed by atoms with van der Waals surface area (Å²) in [5.41, 5.74) is 3.54. The second-order valence-corrected chi connectivity index (χ2v) is 8.02. The number of halogens is 2. The molecule has 3 N–H and O–H groups in total. The number of aromatic nitrogens is 2. The van der Waals surface area contributed by atoms with Gasteiger partial charge in [0.05, 0.1) is 10.7 Å². The van der Waals surface area contributed by atoms with Gasteiger partial charge in [-0.1, -0.05) is 47.5 Å². The minimum atomic E-state index is 0.343. The number of guanidine groups is 1. The van der Waals surface area contributed by atoms with Crippen molar-refractivity contribution >= 4 is 58.1 Å². The van der Waals surface area contributed by atoms with Crippen molar-refractivity contribution in [2.45, 2.75) is 20.3 Å². The van der Waals surface area contributed by atoms with Gasteiger partial charge < -0.3 is 10.6 Å². The molecule has 3 rings (SSSR count). The maximum absolute atomic E-state index is 6.21. The summed E-state index contributed by atoms with van der Waals surface area (Å²) in [6.45, 7) is 4.35. The fraction of sp³-hybridized carbons (Fsp3) is 0.182. The van der Waals surface area contributed by atoms with Crippen LogP contribution in [0.2, 0.25) is 10.0 Å². The zero-order valence-electron chi connectivity index (χ0n) is 17.1. The lowest BCUT2D eigenvalue weighted by molar-refractivity contribution is 0.956. The van der Waals surface area contributed by atoms with Crippen LogP contribution in [0.1, 0.15) is 17.0 Å². The Labute approximate surface area is 197 Å². The molecule has 0 aliphatic carbocycles. The third-order valence-electron chi connectivity index (χ3n) is 4.15. The van der Waals surface area contributed by atoms with Crippen LogP contribution >= 0.6 is 35.4 Å². The van der Waals surface area contributed by atoms with E-state index in [2.05, 4.69) is 30.9 Å². The lowest BCUT2D eigenvalue weighted by Gasteiger charge is -2.15. The first-order chi connectivity index (χ1) is 14.9. The van der Waals surface area contributed by atoms with Gasteiger partial charge in [-0.25, -0.2) is 9.97 Å². The molecule has 1 aromatic heterocycles. The molecule has 0 aliphatic rings. The summed E-state index contributed by atoms with van der Waals surface area (Å²) in [4.78, 5) is 13.4. The molecule has 0 aliphatic heterocycles. The minimum absolute atomic E-state index is 0.343. The normalized spacial score (nSPS) is 11.2. The Morgan fingerprint density at radius 3 is 2.32 bits per heavy atom. The Morgan fingerprint density at radius 2 is 1.65 bits per heavy atom. The quantitative estimate of drug-likeness (QED) is 0.262. The molecule has 6 nitrogen and oxygen atoms in total. The monoisotopic (exact) mass is 472 g/mol. The van der Waals surface area contributed by atoms with Gasteiger partial charge in [0.2, 0.25) is 11.9 Å². The second kappa shape index (κ2) is 11.0. The highest BCUT2D eigenvalue weighted by Gasteiger charge is 2.08.